The first-order valence-corrected chi connectivity index (χ1v) is 12.5. The van der Waals surface area contributed by atoms with Crippen molar-refractivity contribution in [2.45, 2.75) is 39.4 Å². The van der Waals surface area contributed by atoms with E-state index in [0.717, 1.165) is 20.6 Å². The van der Waals surface area contributed by atoms with Crippen LogP contribution >= 0.6 is 15.9 Å². The molecule has 2 aromatic rings. The first-order valence-electron chi connectivity index (χ1n) is 9.86. The number of hydrogen-bond acceptors (Lipinski definition) is 4. The summed E-state index contributed by atoms with van der Waals surface area (Å²) >= 11 is 3.32. The van der Waals surface area contributed by atoms with Crippen LogP contribution in [-0.4, -0.2) is 50.0 Å². The molecule has 0 aliphatic carbocycles. The summed E-state index contributed by atoms with van der Waals surface area (Å²) in [5.41, 5.74) is 1.22. The van der Waals surface area contributed by atoms with Gasteiger partial charge in [-0.15, -0.1) is 0 Å². The van der Waals surface area contributed by atoms with Crippen molar-refractivity contribution in [3.8, 4) is 0 Å². The van der Waals surface area contributed by atoms with Crippen molar-refractivity contribution in [1.29, 1.82) is 0 Å². The molecule has 0 aliphatic rings. The Balaban J connectivity index is 2.35. The van der Waals surface area contributed by atoms with E-state index in [9.17, 15) is 18.0 Å². The first kappa shape index (κ1) is 24.9. The minimum atomic E-state index is -3.73. The van der Waals surface area contributed by atoms with Gasteiger partial charge < -0.3 is 10.2 Å². The van der Waals surface area contributed by atoms with Gasteiger partial charge in [-0.3, -0.25) is 13.9 Å². The van der Waals surface area contributed by atoms with Gasteiger partial charge in [-0.2, -0.15) is 0 Å². The van der Waals surface area contributed by atoms with Crippen LogP contribution in [0.25, 0.3) is 0 Å². The van der Waals surface area contributed by atoms with E-state index in [1.807, 2.05) is 44.2 Å². The lowest BCUT2D eigenvalue weighted by molar-refractivity contribution is -0.139. The molecule has 1 N–H and O–H groups in total. The quantitative estimate of drug-likeness (QED) is 0.562. The Morgan fingerprint density at radius 3 is 2.10 bits per heavy atom. The van der Waals surface area contributed by atoms with Crippen molar-refractivity contribution in [2.24, 2.45) is 0 Å². The number of carbonyl (C=O) groups is 2. The molecular weight excluding hydrogens is 482 g/mol. The molecule has 2 aromatic carbocycles. The maximum Gasteiger partial charge on any atom is 0.244 e. The number of sulfonamides is 1. The second kappa shape index (κ2) is 10.8. The first-order chi connectivity index (χ1) is 14.5. The average Bonchev–Trinajstić information content (AvgIpc) is 2.70. The van der Waals surface area contributed by atoms with Crippen molar-refractivity contribution in [3.05, 3.63) is 64.6 Å². The van der Waals surface area contributed by atoms with Gasteiger partial charge in [0.05, 0.1) is 11.9 Å². The number of anilines is 1. The van der Waals surface area contributed by atoms with Gasteiger partial charge in [0.15, 0.2) is 0 Å². The molecule has 0 saturated carbocycles. The highest BCUT2D eigenvalue weighted by Crippen LogP contribution is 2.21. The van der Waals surface area contributed by atoms with E-state index in [1.54, 1.807) is 31.2 Å². The van der Waals surface area contributed by atoms with Crippen molar-refractivity contribution in [1.82, 2.24) is 10.2 Å². The van der Waals surface area contributed by atoms with Crippen LogP contribution in [0.2, 0.25) is 0 Å². The van der Waals surface area contributed by atoms with E-state index in [1.165, 1.54) is 4.90 Å². The molecule has 0 fully saturated rings. The molecule has 31 heavy (non-hydrogen) atoms. The summed E-state index contributed by atoms with van der Waals surface area (Å²) in [5.74, 6) is -0.766. The third-order valence-electron chi connectivity index (χ3n) is 4.59. The predicted molar refractivity (Wildman–Crippen MR) is 126 cm³/mol. The molecule has 1 atom stereocenters. The van der Waals surface area contributed by atoms with Gasteiger partial charge in [0.2, 0.25) is 21.8 Å². The standard InChI is InChI=1S/C22H28BrN3O4S/c1-16(2)24-22(28)17(3)25(14-18-8-6-5-7-9-18)21(27)15-26(31(4,29)30)20-12-10-19(23)11-13-20/h5-13,16-17H,14-15H2,1-4H3,(H,24,28)/t17-/m1/s1. The third-order valence-corrected chi connectivity index (χ3v) is 6.26. The number of nitrogens with one attached hydrogen (secondary N) is 1. The van der Waals surface area contributed by atoms with Crippen molar-refractivity contribution >= 4 is 43.5 Å². The predicted octanol–water partition coefficient (Wildman–Crippen LogP) is 3.16. The topological polar surface area (TPSA) is 86.8 Å². The minimum Gasteiger partial charge on any atom is -0.352 e. The van der Waals surface area contributed by atoms with Crippen LogP contribution in [0, 0.1) is 0 Å². The van der Waals surface area contributed by atoms with E-state index in [2.05, 4.69) is 21.2 Å². The van der Waals surface area contributed by atoms with Crippen LogP contribution in [0.15, 0.2) is 59.1 Å². The highest BCUT2D eigenvalue weighted by Gasteiger charge is 2.30. The second-order valence-electron chi connectivity index (χ2n) is 7.59. The van der Waals surface area contributed by atoms with Gasteiger partial charge in [0.1, 0.15) is 12.6 Å². The minimum absolute atomic E-state index is 0.0843. The summed E-state index contributed by atoms with van der Waals surface area (Å²) in [7, 11) is -3.73. The smallest absolute Gasteiger partial charge is 0.244 e. The number of benzene rings is 2. The van der Waals surface area contributed by atoms with Crippen LogP contribution < -0.4 is 9.62 Å². The summed E-state index contributed by atoms with van der Waals surface area (Å²) in [6.45, 7) is 5.10. The maximum absolute atomic E-state index is 13.3. The van der Waals surface area contributed by atoms with Gasteiger partial charge in [-0.1, -0.05) is 46.3 Å². The van der Waals surface area contributed by atoms with Crippen LogP contribution in [0.3, 0.4) is 0 Å². The monoisotopic (exact) mass is 509 g/mol. The normalized spacial score (nSPS) is 12.3. The largest absolute Gasteiger partial charge is 0.352 e. The van der Waals surface area contributed by atoms with Crippen molar-refractivity contribution in [2.75, 3.05) is 17.1 Å². The molecule has 0 aromatic heterocycles. The number of hydrogen-bond donors (Lipinski definition) is 1. The fourth-order valence-electron chi connectivity index (χ4n) is 2.99. The average molecular weight is 510 g/mol. The second-order valence-corrected chi connectivity index (χ2v) is 10.4. The molecule has 0 saturated heterocycles. The Kier molecular flexibility index (Phi) is 8.64. The number of halogens is 1. The molecule has 0 unspecified atom stereocenters. The van der Waals surface area contributed by atoms with Gasteiger partial charge >= 0.3 is 0 Å². The molecule has 2 rings (SSSR count). The zero-order valence-corrected chi connectivity index (χ0v) is 20.5. The van der Waals surface area contributed by atoms with Gasteiger partial charge in [-0.25, -0.2) is 8.42 Å². The summed E-state index contributed by atoms with van der Waals surface area (Å²) in [5, 5.41) is 2.82. The molecule has 9 heteroatoms. The van der Waals surface area contributed by atoms with E-state index in [4.69, 9.17) is 0 Å². The maximum atomic E-state index is 13.3. The molecule has 0 bridgehead atoms. The van der Waals surface area contributed by atoms with E-state index in [0.29, 0.717) is 5.69 Å². The van der Waals surface area contributed by atoms with Gasteiger partial charge in [-0.05, 0) is 50.6 Å². The van der Waals surface area contributed by atoms with Crippen LogP contribution in [0.4, 0.5) is 5.69 Å². The molecule has 0 radical (unpaired) electrons. The van der Waals surface area contributed by atoms with E-state index < -0.39 is 28.5 Å². The lowest BCUT2D eigenvalue weighted by atomic mass is 10.1. The fraction of sp³-hybridized carbons (Fsp3) is 0.364. The zero-order chi connectivity index (χ0) is 23.2. The molecule has 168 valence electrons. The van der Waals surface area contributed by atoms with Gasteiger partial charge in [0.25, 0.3) is 0 Å². The highest BCUT2D eigenvalue weighted by molar-refractivity contribution is 9.10. The molecule has 0 aliphatic heterocycles. The number of carbonyl (C=O) groups excluding carboxylic acids is 2. The lowest BCUT2D eigenvalue weighted by Gasteiger charge is -2.31. The zero-order valence-electron chi connectivity index (χ0n) is 18.1. The van der Waals surface area contributed by atoms with Crippen molar-refractivity contribution in [3.63, 3.8) is 0 Å². The van der Waals surface area contributed by atoms with E-state index >= 15 is 0 Å². The van der Waals surface area contributed by atoms with Crippen LogP contribution in [-0.2, 0) is 26.2 Å². The molecule has 2 amide bonds. The van der Waals surface area contributed by atoms with E-state index in [-0.39, 0.29) is 18.5 Å². The SMILES string of the molecule is CC(C)NC(=O)[C@@H](C)N(Cc1ccccc1)C(=O)CN(c1ccc(Br)cc1)S(C)(=O)=O. The molecule has 0 spiro atoms. The summed E-state index contributed by atoms with van der Waals surface area (Å²) in [6, 6.07) is 15.1. The summed E-state index contributed by atoms with van der Waals surface area (Å²) < 4.78 is 26.7. The Morgan fingerprint density at radius 1 is 1.00 bits per heavy atom. The van der Waals surface area contributed by atoms with Crippen molar-refractivity contribution < 1.29 is 18.0 Å². The Bertz CT molecular complexity index is 995. The Morgan fingerprint density at radius 2 is 1.58 bits per heavy atom. The molecule has 0 heterocycles. The van der Waals surface area contributed by atoms with Crippen LogP contribution in [0.5, 0.6) is 0 Å². The fourth-order valence-corrected chi connectivity index (χ4v) is 4.10. The number of rotatable bonds is 9. The van der Waals surface area contributed by atoms with Gasteiger partial charge in [0, 0.05) is 17.1 Å². The third kappa shape index (κ3) is 7.36. The number of nitrogens with zero attached hydrogens (tertiary/aromatic N) is 2. The lowest BCUT2D eigenvalue weighted by Crippen LogP contribution is -2.52. The summed E-state index contributed by atoms with van der Waals surface area (Å²) in [4.78, 5) is 27.4. The number of amides is 2. The molecular formula is C22H28BrN3O4S. The summed E-state index contributed by atoms with van der Waals surface area (Å²) in [6.07, 6.45) is 1.05. The Labute approximate surface area is 192 Å². The van der Waals surface area contributed by atoms with Crippen LogP contribution in [0.1, 0.15) is 26.3 Å². The highest BCUT2D eigenvalue weighted by atomic mass is 79.9. The molecule has 7 nitrogen and oxygen atoms in total. The Hall–Kier alpha value is -2.39.